The van der Waals surface area contributed by atoms with Crippen molar-refractivity contribution in [2.45, 2.75) is 39.5 Å². The summed E-state index contributed by atoms with van der Waals surface area (Å²) in [6.07, 6.45) is 5.54. The van der Waals surface area contributed by atoms with Gasteiger partial charge in [0.2, 0.25) is 0 Å². The SMILES string of the molecule is CCNCC1CCCC1Cc1ccc(C)cc1. The Labute approximate surface area is 106 Å². The molecule has 1 aliphatic rings. The van der Waals surface area contributed by atoms with Crippen molar-refractivity contribution in [2.75, 3.05) is 13.1 Å². The Balaban J connectivity index is 1.90. The van der Waals surface area contributed by atoms with Crippen LogP contribution in [0.15, 0.2) is 24.3 Å². The minimum atomic E-state index is 0.899. The van der Waals surface area contributed by atoms with E-state index in [4.69, 9.17) is 0 Å². The van der Waals surface area contributed by atoms with E-state index >= 15 is 0 Å². The van der Waals surface area contributed by atoms with Gasteiger partial charge in [0.25, 0.3) is 0 Å². The summed E-state index contributed by atoms with van der Waals surface area (Å²) in [6.45, 7) is 6.68. The van der Waals surface area contributed by atoms with Crippen LogP contribution in [-0.4, -0.2) is 13.1 Å². The fraction of sp³-hybridized carbons (Fsp3) is 0.625. The van der Waals surface area contributed by atoms with Gasteiger partial charge in [-0.2, -0.15) is 0 Å². The fourth-order valence-corrected chi connectivity index (χ4v) is 3.01. The van der Waals surface area contributed by atoms with Gasteiger partial charge in [0, 0.05) is 0 Å². The first-order chi connectivity index (χ1) is 8.29. The Morgan fingerprint density at radius 2 is 1.82 bits per heavy atom. The summed E-state index contributed by atoms with van der Waals surface area (Å²) < 4.78 is 0. The molecule has 2 atom stereocenters. The normalized spacial score (nSPS) is 24.1. The zero-order valence-electron chi connectivity index (χ0n) is 11.2. The molecule has 0 spiro atoms. The van der Waals surface area contributed by atoms with E-state index in [9.17, 15) is 0 Å². The van der Waals surface area contributed by atoms with Gasteiger partial charge in [-0.1, -0.05) is 43.2 Å². The lowest BCUT2D eigenvalue weighted by atomic mass is 9.89. The van der Waals surface area contributed by atoms with Crippen LogP contribution >= 0.6 is 0 Å². The van der Waals surface area contributed by atoms with Gasteiger partial charge in [0.15, 0.2) is 0 Å². The highest BCUT2D eigenvalue weighted by atomic mass is 14.8. The molecule has 1 fully saturated rings. The van der Waals surface area contributed by atoms with Crippen LogP contribution in [0, 0.1) is 18.8 Å². The van der Waals surface area contributed by atoms with Crippen molar-refractivity contribution in [3.8, 4) is 0 Å². The topological polar surface area (TPSA) is 12.0 Å². The highest BCUT2D eigenvalue weighted by Crippen LogP contribution is 2.33. The minimum Gasteiger partial charge on any atom is -0.317 e. The third-order valence-electron chi connectivity index (χ3n) is 4.09. The predicted octanol–water partition coefficient (Wildman–Crippen LogP) is 3.56. The van der Waals surface area contributed by atoms with Crippen molar-refractivity contribution >= 4 is 0 Å². The van der Waals surface area contributed by atoms with Crippen molar-refractivity contribution in [1.82, 2.24) is 5.32 Å². The Morgan fingerprint density at radius 1 is 1.12 bits per heavy atom. The lowest BCUT2D eigenvalue weighted by Gasteiger charge is -2.20. The molecule has 1 nitrogen and oxygen atoms in total. The zero-order chi connectivity index (χ0) is 12.1. The summed E-state index contributed by atoms with van der Waals surface area (Å²) in [7, 11) is 0. The third-order valence-corrected chi connectivity index (χ3v) is 4.09. The molecular weight excluding hydrogens is 206 g/mol. The van der Waals surface area contributed by atoms with Gasteiger partial charge in [0.1, 0.15) is 0 Å². The molecule has 0 saturated heterocycles. The van der Waals surface area contributed by atoms with Gasteiger partial charge in [-0.3, -0.25) is 0 Å². The van der Waals surface area contributed by atoms with Crippen molar-refractivity contribution < 1.29 is 0 Å². The molecular formula is C16H25N. The second-order valence-corrected chi connectivity index (χ2v) is 5.45. The molecule has 0 amide bonds. The molecule has 0 heterocycles. The molecule has 17 heavy (non-hydrogen) atoms. The lowest BCUT2D eigenvalue weighted by molar-refractivity contribution is 0.368. The predicted molar refractivity (Wildman–Crippen MR) is 74.3 cm³/mol. The lowest BCUT2D eigenvalue weighted by Crippen LogP contribution is -2.25. The summed E-state index contributed by atoms with van der Waals surface area (Å²) >= 11 is 0. The number of rotatable bonds is 5. The first-order valence-electron chi connectivity index (χ1n) is 7.06. The zero-order valence-corrected chi connectivity index (χ0v) is 11.2. The van der Waals surface area contributed by atoms with E-state index in [0.717, 1.165) is 18.4 Å². The summed E-state index contributed by atoms with van der Waals surface area (Å²) in [4.78, 5) is 0. The van der Waals surface area contributed by atoms with Crippen LogP contribution in [0.3, 0.4) is 0 Å². The molecule has 1 heteroatoms. The highest BCUT2D eigenvalue weighted by Gasteiger charge is 2.26. The fourth-order valence-electron chi connectivity index (χ4n) is 3.01. The molecule has 2 unspecified atom stereocenters. The van der Waals surface area contributed by atoms with Crippen LogP contribution in [0.25, 0.3) is 0 Å². The van der Waals surface area contributed by atoms with Gasteiger partial charge in [-0.25, -0.2) is 0 Å². The van der Waals surface area contributed by atoms with Crippen LogP contribution in [0.4, 0.5) is 0 Å². The van der Waals surface area contributed by atoms with Crippen LogP contribution in [0.5, 0.6) is 0 Å². The molecule has 1 N–H and O–H groups in total. The molecule has 1 aromatic rings. The first-order valence-corrected chi connectivity index (χ1v) is 7.06. The average molecular weight is 231 g/mol. The van der Waals surface area contributed by atoms with Crippen LogP contribution in [0.1, 0.15) is 37.3 Å². The maximum Gasteiger partial charge on any atom is -0.00179 e. The Hall–Kier alpha value is -0.820. The van der Waals surface area contributed by atoms with Crippen molar-refractivity contribution in [1.29, 1.82) is 0 Å². The quantitative estimate of drug-likeness (QED) is 0.817. The van der Waals surface area contributed by atoms with E-state index in [0.29, 0.717) is 0 Å². The summed E-state index contributed by atoms with van der Waals surface area (Å²) in [5, 5.41) is 3.52. The molecule has 2 rings (SSSR count). The first kappa shape index (κ1) is 12.6. The van der Waals surface area contributed by atoms with E-state index in [1.54, 1.807) is 0 Å². The number of hydrogen-bond acceptors (Lipinski definition) is 1. The Kier molecular flexibility index (Phi) is 4.61. The third kappa shape index (κ3) is 3.57. The van der Waals surface area contributed by atoms with E-state index in [1.165, 1.54) is 43.4 Å². The highest BCUT2D eigenvalue weighted by molar-refractivity contribution is 5.21. The maximum atomic E-state index is 3.52. The summed E-state index contributed by atoms with van der Waals surface area (Å²) in [5.74, 6) is 1.80. The van der Waals surface area contributed by atoms with Gasteiger partial charge < -0.3 is 5.32 Å². The second-order valence-electron chi connectivity index (χ2n) is 5.45. The Morgan fingerprint density at radius 3 is 2.53 bits per heavy atom. The number of aryl methyl sites for hydroxylation is 1. The standard InChI is InChI=1S/C16H25N/c1-3-17-12-16-6-4-5-15(16)11-14-9-7-13(2)8-10-14/h7-10,15-17H,3-6,11-12H2,1-2H3. The van der Waals surface area contributed by atoms with Gasteiger partial charge in [0.05, 0.1) is 0 Å². The van der Waals surface area contributed by atoms with Gasteiger partial charge >= 0.3 is 0 Å². The maximum absolute atomic E-state index is 3.52. The number of hydrogen-bond donors (Lipinski definition) is 1. The summed E-state index contributed by atoms with van der Waals surface area (Å²) in [5.41, 5.74) is 2.88. The van der Waals surface area contributed by atoms with Crippen molar-refractivity contribution in [3.05, 3.63) is 35.4 Å². The smallest absolute Gasteiger partial charge is 0.00179 e. The van der Waals surface area contributed by atoms with E-state index < -0.39 is 0 Å². The molecule has 1 aromatic carbocycles. The van der Waals surface area contributed by atoms with Crippen LogP contribution < -0.4 is 5.32 Å². The molecule has 94 valence electrons. The van der Waals surface area contributed by atoms with Gasteiger partial charge in [-0.05, 0) is 56.7 Å². The minimum absolute atomic E-state index is 0.899. The van der Waals surface area contributed by atoms with Crippen molar-refractivity contribution in [2.24, 2.45) is 11.8 Å². The largest absolute Gasteiger partial charge is 0.317 e. The molecule has 0 bridgehead atoms. The molecule has 0 radical (unpaired) electrons. The van der Waals surface area contributed by atoms with E-state index in [1.807, 2.05) is 0 Å². The average Bonchev–Trinajstić information content (AvgIpc) is 2.77. The monoisotopic (exact) mass is 231 g/mol. The summed E-state index contributed by atoms with van der Waals surface area (Å²) in [6, 6.07) is 9.09. The van der Waals surface area contributed by atoms with Gasteiger partial charge in [-0.15, -0.1) is 0 Å². The van der Waals surface area contributed by atoms with E-state index in [2.05, 4.69) is 43.4 Å². The number of nitrogens with one attached hydrogen (secondary N) is 1. The molecule has 1 saturated carbocycles. The molecule has 0 aromatic heterocycles. The van der Waals surface area contributed by atoms with Crippen LogP contribution in [0.2, 0.25) is 0 Å². The number of benzene rings is 1. The van der Waals surface area contributed by atoms with Crippen molar-refractivity contribution in [3.63, 3.8) is 0 Å². The molecule has 1 aliphatic carbocycles. The van der Waals surface area contributed by atoms with Crippen LogP contribution in [-0.2, 0) is 6.42 Å². The Bertz CT molecular complexity index is 328. The van der Waals surface area contributed by atoms with E-state index in [-0.39, 0.29) is 0 Å². The molecule has 0 aliphatic heterocycles. The second kappa shape index (κ2) is 6.20.